The van der Waals surface area contributed by atoms with Crippen molar-refractivity contribution in [3.05, 3.63) is 55.7 Å². The zero-order chi connectivity index (χ0) is 15.4. The number of benzene rings is 1. The number of nitrogens with one attached hydrogen (secondary N) is 1. The van der Waals surface area contributed by atoms with Gasteiger partial charge in [-0.05, 0) is 66.0 Å². The van der Waals surface area contributed by atoms with Crippen LogP contribution in [0.5, 0.6) is 0 Å². The topological polar surface area (TPSA) is 12.0 Å². The summed E-state index contributed by atoms with van der Waals surface area (Å²) < 4.78 is 27.5. The summed E-state index contributed by atoms with van der Waals surface area (Å²) in [6, 6.07) is 6.34. The maximum absolute atomic E-state index is 13.4. The van der Waals surface area contributed by atoms with E-state index in [9.17, 15) is 8.78 Å². The number of thiophene rings is 1. The summed E-state index contributed by atoms with van der Waals surface area (Å²) in [6.07, 6.45) is 1.67. The molecular formula is C16H18BrF2NS. The predicted molar refractivity (Wildman–Crippen MR) is 87.9 cm³/mol. The minimum atomic E-state index is -0.800. The highest BCUT2D eigenvalue weighted by molar-refractivity contribution is 9.10. The summed E-state index contributed by atoms with van der Waals surface area (Å²) in [6.45, 7) is 5.06. The Labute approximate surface area is 136 Å². The van der Waals surface area contributed by atoms with Crippen LogP contribution in [0.1, 0.15) is 34.7 Å². The molecule has 0 aliphatic rings. The fraction of sp³-hybridized carbons (Fsp3) is 0.375. The lowest BCUT2D eigenvalue weighted by molar-refractivity contribution is 0.501. The molecule has 1 aromatic heterocycles. The summed E-state index contributed by atoms with van der Waals surface area (Å²) in [5, 5.41) is 3.48. The molecule has 0 amide bonds. The Hall–Kier alpha value is -0.780. The van der Waals surface area contributed by atoms with Crippen LogP contribution in [0.15, 0.2) is 28.7 Å². The van der Waals surface area contributed by atoms with Crippen molar-refractivity contribution >= 4 is 27.3 Å². The monoisotopic (exact) mass is 373 g/mol. The normalized spacial score (nSPS) is 12.6. The van der Waals surface area contributed by atoms with E-state index in [0.29, 0.717) is 6.42 Å². The summed E-state index contributed by atoms with van der Waals surface area (Å²) in [7, 11) is 0. The third kappa shape index (κ3) is 4.34. The number of hydrogen-bond acceptors (Lipinski definition) is 2. The number of aryl methyl sites for hydroxylation is 1. The first-order valence-electron chi connectivity index (χ1n) is 6.94. The Bertz CT molecular complexity index is 593. The highest BCUT2D eigenvalue weighted by Crippen LogP contribution is 2.32. The van der Waals surface area contributed by atoms with Gasteiger partial charge in [0.25, 0.3) is 0 Å². The van der Waals surface area contributed by atoms with Crippen molar-refractivity contribution < 1.29 is 8.78 Å². The van der Waals surface area contributed by atoms with Crippen LogP contribution < -0.4 is 5.32 Å². The van der Waals surface area contributed by atoms with Crippen LogP contribution in [0.2, 0.25) is 0 Å². The van der Waals surface area contributed by atoms with Gasteiger partial charge in [-0.2, -0.15) is 0 Å². The van der Waals surface area contributed by atoms with Gasteiger partial charge in [-0.25, -0.2) is 8.78 Å². The molecule has 1 atom stereocenters. The highest BCUT2D eigenvalue weighted by Gasteiger charge is 2.16. The Balaban J connectivity index is 2.21. The summed E-state index contributed by atoms with van der Waals surface area (Å²) >= 11 is 5.25. The fourth-order valence-electron chi connectivity index (χ4n) is 2.15. The SMILES string of the molecule is CCCNC(Cc1ccc(F)c(F)c1)c1cc(Br)c(C)s1. The van der Waals surface area contributed by atoms with Gasteiger partial charge in [-0.3, -0.25) is 0 Å². The van der Waals surface area contributed by atoms with Crippen LogP contribution in [0.4, 0.5) is 8.78 Å². The minimum Gasteiger partial charge on any atom is -0.309 e. The molecule has 0 saturated heterocycles. The van der Waals surface area contributed by atoms with Gasteiger partial charge in [-0.1, -0.05) is 13.0 Å². The third-order valence-corrected chi connectivity index (χ3v) is 5.53. The van der Waals surface area contributed by atoms with Crippen molar-refractivity contribution in [1.29, 1.82) is 0 Å². The average Bonchev–Trinajstić information content (AvgIpc) is 2.78. The lowest BCUT2D eigenvalue weighted by atomic mass is 10.0. The summed E-state index contributed by atoms with van der Waals surface area (Å²) in [4.78, 5) is 2.43. The molecule has 0 aliphatic carbocycles. The molecule has 2 aromatic rings. The Morgan fingerprint density at radius 2 is 2.00 bits per heavy atom. The molecule has 2 rings (SSSR count). The van der Waals surface area contributed by atoms with Gasteiger partial charge in [0.2, 0.25) is 0 Å². The molecule has 0 radical (unpaired) electrons. The van der Waals surface area contributed by atoms with E-state index < -0.39 is 11.6 Å². The van der Waals surface area contributed by atoms with Crippen molar-refractivity contribution in [2.75, 3.05) is 6.54 Å². The van der Waals surface area contributed by atoms with Gasteiger partial charge in [0.15, 0.2) is 11.6 Å². The van der Waals surface area contributed by atoms with Crippen molar-refractivity contribution in [3.63, 3.8) is 0 Å². The third-order valence-electron chi connectivity index (χ3n) is 3.28. The second-order valence-electron chi connectivity index (χ2n) is 5.01. The van der Waals surface area contributed by atoms with Crippen molar-refractivity contribution in [2.24, 2.45) is 0 Å². The molecule has 0 bridgehead atoms. The fourth-order valence-corrected chi connectivity index (χ4v) is 3.78. The highest BCUT2D eigenvalue weighted by atomic mass is 79.9. The van der Waals surface area contributed by atoms with Crippen LogP contribution in [0.25, 0.3) is 0 Å². The predicted octanol–water partition coefficient (Wildman–Crippen LogP) is 5.38. The van der Waals surface area contributed by atoms with E-state index in [0.717, 1.165) is 23.0 Å². The first-order valence-corrected chi connectivity index (χ1v) is 8.55. The molecule has 0 saturated carbocycles. The van der Waals surface area contributed by atoms with Gasteiger partial charge in [0.1, 0.15) is 0 Å². The molecule has 21 heavy (non-hydrogen) atoms. The van der Waals surface area contributed by atoms with Crippen molar-refractivity contribution in [1.82, 2.24) is 5.32 Å². The van der Waals surface area contributed by atoms with Crippen LogP contribution >= 0.6 is 27.3 Å². The smallest absolute Gasteiger partial charge is 0.159 e. The maximum Gasteiger partial charge on any atom is 0.159 e. The van der Waals surface area contributed by atoms with E-state index in [4.69, 9.17) is 0 Å². The van der Waals surface area contributed by atoms with Crippen LogP contribution in [-0.4, -0.2) is 6.54 Å². The largest absolute Gasteiger partial charge is 0.309 e. The maximum atomic E-state index is 13.4. The van der Waals surface area contributed by atoms with E-state index in [1.54, 1.807) is 17.4 Å². The molecule has 0 aliphatic heterocycles. The van der Waals surface area contributed by atoms with Gasteiger partial charge in [0, 0.05) is 20.3 Å². The number of rotatable bonds is 6. The molecule has 1 unspecified atom stereocenters. The van der Waals surface area contributed by atoms with Crippen LogP contribution in [0.3, 0.4) is 0 Å². The number of hydrogen-bond donors (Lipinski definition) is 1. The van der Waals surface area contributed by atoms with Crippen LogP contribution in [-0.2, 0) is 6.42 Å². The van der Waals surface area contributed by atoms with Crippen molar-refractivity contribution in [2.45, 2.75) is 32.7 Å². The molecule has 1 nitrogen and oxygen atoms in total. The lowest BCUT2D eigenvalue weighted by Crippen LogP contribution is -2.23. The molecule has 0 fully saturated rings. The molecule has 1 N–H and O–H groups in total. The zero-order valence-corrected chi connectivity index (χ0v) is 14.5. The molecule has 0 spiro atoms. The van der Waals surface area contributed by atoms with E-state index in [1.165, 1.54) is 21.9 Å². The molecule has 1 aromatic carbocycles. The van der Waals surface area contributed by atoms with Gasteiger partial charge in [-0.15, -0.1) is 11.3 Å². The van der Waals surface area contributed by atoms with E-state index >= 15 is 0 Å². The average molecular weight is 374 g/mol. The van der Waals surface area contributed by atoms with E-state index in [1.807, 2.05) is 0 Å². The summed E-state index contributed by atoms with van der Waals surface area (Å²) in [5.74, 6) is -1.59. The van der Waals surface area contributed by atoms with Crippen molar-refractivity contribution in [3.8, 4) is 0 Å². The van der Waals surface area contributed by atoms with Gasteiger partial charge < -0.3 is 5.32 Å². The minimum absolute atomic E-state index is 0.116. The second kappa shape index (κ2) is 7.47. The lowest BCUT2D eigenvalue weighted by Gasteiger charge is -2.17. The quantitative estimate of drug-likeness (QED) is 0.716. The van der Waals surface area contributed by atoms with Gasteiger partial charge >= 0.3 is 0 Å². The van der Waals surface area contributed by atoms with Gasteiger partial charge in [0.05, 0.1) is 0 Å². The first kappa shape index (κ1) is 16.6. The van der Waals surface area contributed by atoms with Crippen LogP contribution in [0, 0.1) is 18.6 Å². The second-order valence-corrected chi connectivity index (χ2v) is 7.15. The Kier molecular flexibility index (Phi) is 5.90. The molecule has 1 heterocycles. The molecule has 5 heteroatoms. The zero-order valence-electron chi connectivity index (χ0n) is 12.1. The first-order chi connectivity index (χ1) is 10.0. The van der Waals surface area contributed by atoms with E-state index in [-0.39, 0.29) is 6.04 Å². The molecular weight excluding hydrogens is 356 g/mol. The number of halogens is 3. The Morgan fingerprint density at radius 1 is 1.24 bits per heavy atom. The Morgan fingerprint density at radius 3 is 2.57 bits per heavy atom. The summed E-state index contributed by atoms with van der Waals surface area (Å²) in [5.41, 5.74) is 0.796. The molecule has 114 valence electrons. The van der Waals surface area contributed by atoms with E-state index in [2.05, 4.69) is 41.2 Å². The standard InChI is InChI=1S/C16H18BrF2NS/c1-3-6-20-15(16-9-12(17)10(2)21-16)8-11-4-5-13(18)14(19)7-11/h4-5,7,9,15,20H,3,6,8H2,1-2H3.